The lowest BCUT2D eigenvalue weighted by Gasteiger charge is -2.42. The van der Waals surface area contributed by atoms with Gasteiger partial charge in [0.25, 0.3) is 0 Å². The zero-order valence-electron chi connectivity index (χ0n) is 11.2. The highest BCUT2D eigenvalue weighted by Crippen LogP contribution is 2.41. The van der Waals surface area contributed by atoms with Crippen molar-refractivity contribution in [2.45, 2.75) is 57.4 Å². The fourth-order valence-corrected chi connectivity index (χ4v) is 3.66. The molecule has 2 fully saturated rings. The lowest BCUT2D eigenvalue weighted by atomic mass is 9.79. The zero-order chi connectivity index (χ0) is 12.3. The molecule has 2 rings (SSSR count). The maximum absolute atomic E-state index is 11.5. The van der Waals surface area contributed by atoms with Crippen molar-refractivity contribution in [3.63, 3.8) is 0 Å². The van der Waals surface area contributed by atoms with Crippen LogP contribution in [0.1, 0.15) is 51.9 Å². The third-order valence-electron chi connectivity index (χ3n) is 4.62. The van der Waals surface area contributed by atoms with Gasteiger partial charge >= 0.3 is 5.97 Å². The van der Waals surface area contributed by atoms with Crippen molar-refractivity contribution in [2.24, 2.45) is 5.92 Å². The first-order chi connectivity index (χ1) is 8.18. The number of methoxy groups -OCH3 is 1. The van der Waals surface area contributed by atoms with Crippen LogP contribution in [0.25, 0.3) is 0 Å². The molecule has 3 heteroatoms. The van der Waals surface area contributed by atoms with Crippen LogP contribution in [0.3, 0.4) is 0 Å². The van der Waals surface area contributed by atoms with Crippen molar-refractivity contribution in [2.75, 3.05) is 20.2 Å². The normalized spacial score (nSPS) is 26.0. The summed E-state index contributed by atoms with van der Waals surface area (Å²) in [5, 5.41) is 0. The molecule has 0 N–H and O–H groups in total. The summed E-state index contributed by atoms with van der Waals surface area (Å²) >= 11 is 0. The number of nitrogens with zero attached hydrogens (tertiary/aromatic N) is 1. The highest BCUT2D eigenvalue weighted by Gasteiger charge is 2.42. The van der Waals surface area contributed by atoms with Gasteiger partial charge in [-0.15, -0.1) is 0 Å². The van der Waals surface area contributed by atoms with Gasteiger partial charge < -0.3 is 4.74 Å². The first-order valence-electron chi connectivity index (χ1n) is 7.01. The molecule has 1 saturated carbocycles. The highest BCUT2D eigenvalue weighted by molar-refractivity contribution is 5.72. The fourth-order valence-electron chi connectivity index (χ4n) is 3.66. The summed E-state index contributed by atoms with van der Waals surface area (Å²) in [7, 11) is 1.49. The van der Waals surface area contributed by atoms with E-state index in [0.717, 1.165) is 6.54 Å². The van der Waals surface area contributed by atoms with Crippen molar-refractivity contribution < 1.29 is 9.53 Å². The molecule has 1 aliphatic heterocycles. The molecule has 1 heterocycles. The predicted octanol–water partition coefficient (Wildman–Crippen LogP) is 2.59. The SMILES string of the molecule is COC(=O)[C@@H](C)CN1CCCC12CCCCC2. The zero-order valence-corrected chi connectivity index (χ0v) is 11.2. The van der Waals surface area contributed by atoms with Crippen molar-refractivity contribution in [3.8, 4) is 0 Å². The molecule has 1 atom stereocenters. The number of carbonyl (C=O) groups excluding carboxylic acids is 1. The van der Waals surface area contributed by atoms with Gasteiger partial charge in [0.05, 0.1) is 13.0 Å². The first-order valence-corrected chi connectivity index (χ1v) is 7.01. The van der Waals surface area contributed by atoms with Crippen LogP contribution in [-0.2, 0) is 9.53 Å². The minimum Gasteiger partial charge on any atom is -0.469 e. The van der Waals surface area contributed by atoms with Crippen molar-refractivity contribution >= 4 is 5.97 Å². The van der Waals surface area contributed by atoms with E-state index in [1.165, 1.54) is 58.6 Å². The number of rotatable bonds is 3. The largest absolute Gasteiger partial charge is 0.469 e. The molecule has 3 nitrogen and oxygen atoms in total. The Labute approximate surface area is 105 Å². The average molecular weight is 239 g/mol. The maximum Gasteiger partial charge on any atom is 0.309 e. The van der Waals surface area contributed by atoms with Gasteiger partial charge in [-0.25, -0.2) is 0 Å². The van der Waals surface area contributed by atoms with E-state index < -0.39 is 0 Å². The van der Waals surface area contributed by atoms with Gasteiger partial charge in [0.2, 0.25) is 0 Å². The van der Waals surface area contributed by atoms with Gasteiger partial charge in [0.1, 0.15) is 0 Å². The van der Waals surface area contributed by atoms with Crippen LogP contribution >= 0.6 is 0 Å². The summed E-state index contributed by atoms with van der Waals surface area (Å²) in [6.45, 7) is 4.04. The van der Waals surface area contributed by atoms with Gasteiger partial charge in [0, 0.05) is 12.1 Å². The molecular weight excluding hydrogens is 214 g/mol. The van der Waals surface area contributed by atoms with E-state index in [-0.39, 0.29) is 11.9 Å². The summed E-state index contributed by atoms with van der Waals surface area (Å²) in [5.74, 6) is -0.0558. The number of carbonyl (C=O) groups is 1. The molecule has 0 amide bonds. The summed E-state index contributed by atoms with van der Waals surface area (Å²) in [4.78, 5) is 14.1. The molecular formula is C14H25NO2. The van der Waals surface area contributed by atoms with Crippen molar-refractivity contribution in [3.05, 3.63) is 0 Å². The number of ether oxygens (including phenoxy) is 1. The predicted molar refractivity (Wildman–Crippen MR) is 67.8 cm³/mol. The van der Waals surface area contributed by atoms with Crippen LogP contribution in [0, 0.1) is 5.92 Å². The Bertz CT molecular complexity index is 271. The number of likely N-dealkylation sites (tertiary alicyclic amines) is 1. The standard InChI is InChI=1S/C14H25NO2/c1-12(13(16)17-2)11-15-10-6-9-14(15)7-4-3-5-8-14/h12H,3-11H2,1-2H3/t12-/m0/s1. The molecule has 0 aromatic carbocycles. The minimum atomic E-state index is -0.0668. The Morgan fingerprint density at radius 1 is 1.24 bits per heavy atom. The molecule has 0 bridgehead atoms. The maximum atomic E-state index is 11.5. The van der Waals surface area contributed by atoms with Crippen molar-refractivity contribution in [1.29, 1.82) is 0 Å². The van der Waals surface area contributed by atoms with Crippen LogP contribution in [0.4, 0.5) is 0 Å². The lowest BCUT2D eigenvalue weighted by molar-refractivity contribution is -0.145. The summed E-state index contributed by atoms with van der Waals surface area (Å²) < 4.78 is 4.83. The third-order valence-corrected chi connectivity index (χ3v) is 4.62. The molecule has 0 aromatic heterocycles. The van der Waals surface area contributed by atoms with E-state index in [1.807, 2.05) is 6.92 Å². The summed E-state index contributed by atoms with van der Waals surface area (Å²) in [5.41, 5.74) is 0.431. The Kier molecular flexibility index (Phi) is 4.08. The fraction of sp³-hybridized carbons (Fsp3) is 0.929. The van der Waals surface area contributed by atoms with Crippen molar-refractivity contribution in [1.82, 2.24) is 4.90 Å². The Morgan fingerprint density at radius 3 is 2.53 bits per heavy atom. The number of hydrogen-bond donors (Lipinski definition) is 0. The molecule has 0 radical (unpaired) electrons. The smallest absolute Gasteiger partial charge is 0.309 e. The third kappa shape index (κ3) is 2.65. The van der Waals surface area contributed by atoms with Gasteiger partial charge in [0.15, 0.2) is 0 Å². The monoisotopic (exact) mass is 239 g/mol. The number of esters is 1. The van der Waals surface area contributed by atoms with E-state index in [4.69, 9.17) is 4.74 Å². The molecule has 1 spiro atoms. The highest BCUT2D eigenvalue weighted by atomic mass is 16.5. The van der Waals surface area contributed by atoms with Gasteiger partial charge in [-0.05, 0) is 32.2 Å². The number of hydrogen-bond acceptors (Lipinski definition) is 3. The molecule has 1 aliphatic carbocycles. The Hall–Kier alpha value is -0.570. The summed E-state index contributed by atoms with van der Waals surface area (Å²) in [6, 6.07) is 0. The van der Waals surface area contributed by atoms with E-state index in [0.29, 0.717) is 5.54 Å². The first kappa shape index (κ1) is 12.9. The van der Waals surface area contributed by atoms with Crippen LogP contribution in [-0.4, -0.2) is 36.6 Å². The lowest BCUT2D eigenvalue weighted by Crippen LogP contribution is -2.47. The van der Waals surface area contributed by atoms with Crippen LogP contribution in [0.2, 0.25) is 0 Å². The van der Waals surface area contributed by atoms with Crippen LogP contribution < -0.4 is 0 Å². The Morgan fingerprint density at radius 2 is 1.88 bits per heavy atom. The minimum absolute atomic E-state index is 0.0110. The van der Waals surface area contributed by atoms with Gasteiger partial charge in [-0.2, -0.15) is 0 Å². The van der Waals surface area contributed by atoms with E-state index in [1.54, 1.807) is 0 Å². The molecule has 2 aliphatic rings. The Balaban J connectivity index is 1.97. The molecule has 0 unspecified atom stereocenters. The van der Waals surface area contributed by atoms with Crippen LogP contribution in [0.15, 0.2) is 0 Å². The average Bonchev–Trinajstić information content (AvgIpc) is 2.72. The van der Waals surface area contributed by atoms with Crippen LogP contribution in [0.5, 0.6) is 0 Å². The molecule has 98 valence electrons. The van der Waals surface area contributed by atoms with E-state index >= 15 is 0 Å². The second-order valence-corrected chi connectivity index (χ2v) is 5.76. The second-order valence-electron chi connectivity index (χ2n) is 5.76. The van der Waals surface area contributed by atoms with Gasteiger partial charge in [-0.3, -0.25) is 9.69 Å². The van der Waals surface area contributed by atoms with E-state index in [9.17, 15) is 4.79 Å². The summed E-state index contributed by atoms with van der Waals surface area (Å²) in [6.07, 6.45) is 9.42. The molecule has 1 saturated heterocycles. The molecule has 0 aromatic rings. The topological polar surface area (TPSA) is 29.5 Å². The quantitative estimate of drug-likeness (QED) is 0.709. The van der Waals surface area contributed by atoms with Gasteiger partial charge in [-0.1, -0.05) is 26.2 Å². The van der Waals surface area contributed by atoms with E-state index in [2.05, 4.69) is 4.90 Å². The molecule has 17 heavy (non-hydrogen) atoms. The second kappa shape index (κ2) is 5.38.